The van der Waals surface area contributed by atoms with Crippen LogP contribution in [-0.2, 0) is 28.7 Å². The second-order valence-electron chi connectivity index (χ2n) is 5.67. The molecule has 0 saturated heterocycles. The van der Waals surface area contributed by atoms with Gasteiger partial charge in [0.15, 0.2) is 12.2 Å². The Morgan fingerprint density at radius 2 is 1.48 bits per heavy atom. The maximum absolute atomic E-state index is 12.4. The molecule has 2 unspecified atom stereocenters. The summed E-state index contributed by atoms with van der Waals surface area (Å²) in [6.07, 6.45) is -3.29. The minimum absolute atomic E-state index is 0.160. The fourth-order valence-corrected chi connectivity index (χ4v) is 5.88. The highest BCUT2D eigenvalue weighted by molar-refractivity contribution is 14.1. The molecule has 1 aromatic rings. The van der Waals surface area contributed by atoms with E-state index < -0.39 is 36.0 Å². The van der Waals surface area contributed by atoms with E-state index in [4.69, 9.17) is 20.9 Å². The number of anilines is 2. The summed E-state index contributed by atoms with van der Waals surface area (Å²) in [4.78, 5) is 46.8. The molecule has 2 amide bonds. The highest BCUT2D eigenvalue weighted by atomic mass is 127. The molecule has 160 valence electrons. The number of esters is 2. The zero-order chi connectivity index (χ0) is 22.5. The van der Waals surface area contributed by atoms with Crippen LogP contribution < -0.4 is 16.8 Å². The summed E-state index contributed by atoms with van der Waals surface area (Å²) >= 11 is 5.71. The van der Waals surface area contributed by atoms with Gasteiger partial charge in [-0.3, -0.25) is 24.5 Å². The number of imide groups is 1. The number of nitrogens with one attached hydrogen (secondary N) is 1. The smallest absolute Gasteiger partial charge is 0.303 e. The van der Waals surface area contributed by atoms with Gasteiger partial charge in [0.25, 0.3) is 11.8 Å². The van der Waals surface area contributed by atoms with Gasteiger partial charge in [-0.2, -0.15) is 0 Å². The van der Waals surface area contributed by atoms with Gasteiger partial charge >= 0.3 is 11.9 Å². The molecule has 1 rings (SSSR count). The number of rotatable bonds is 7. The molecule has 2 atom stereocenters. The van der Waals surface area contributed by atoms with Crippen LogP contribution in [0.4, 0.5) is 11.4 Å². The van der Waals surface area contributed by atoms with Crippen molar-refractivity contribution in [3.8, 4) is 0 Å². The molecule has 29 heavy (non-hydrogen) atoms. The van der Waals surface area contributed by atoms with Gasteiger partial charge in [0.1, 0.15) is 0 Å². The van der Waals surface area contributed by atoms with E-state index in [9.17, 15) is 24.3 Å². The summed E-state index contributed by atoms with van der Waals surface area (Å²) in [5, 5.41) is 12.5. The summed E-state index contributed by atoms with van der Waals surface area (Å²) in [6, 6.07) is 0. The summed E-state index contributed by atoms with van der Waals surface area (Å²) in [5.41, 5.74) is 12.7. The third kappa shape index (κ3) is 7.06. The first-order valence-electron chi connectivity index (χ1n) is 7.93. The normalized spacial score (nSPS) is 12.6. The van der Waals surface area contributed by atoms with Gasteiger partial charge in [-0.1, -0.05) is 0 Å². The first-order valence-corrected chi connectivity index (χ1v) is 11.2. The number of carbonyl (C=O) groups excluding carboxylic acids is 4. The van der Waals surface area contributed by atoms with Crippen LogP contribution in [0.2, 0.25) is 0 Å². The predicted molar refractivity (Wildman–Crippen MR) is 128 cm³/mol. The van der Waals surface area contributed by atoms with Gasteiger partial charge < -0.3 is 26.0 Å². The molecular formula is C16H18I3N3O7. The number of nitrogen functional groups attached to an aromatic ring is 2. The van der Waals surface area contributed by atoms with Crippen molar-refractivity contribution in [1.82, 2.24) is 5.32 Å². The van der Waals surface area contributed by atoms with E-state index in [0.29, 0.717) is 22.1 Å². The molecule has 0 radical (unpaired) electrons. The molecule has 0 heterocycles. The van der Waals surface area contributed by atoms with Gasteiger partial charge in [0, 0.05) is 33.0 Å². The van der Waals surface area contributed by atoms with Crippen LogP contribution in [0, 0.1) is 10.7 Å². The van der Waals surface area contributed by atoms with Crippen molar-refractivity contribution in [2.24, 2.45) is 0 Å². The van der Waals surface area contributed by atoms with Crippen LogP contribution in [0.5, 0.6) is 0 Å². The molecule has 0 aromatic heterocycles. The lowest BCUT2D eigenvalue weighted by Crippen LogP contribution is -2.43. The molecular weight excluding hydrogens is 727 g/mol. The number of hydrogen-bond donors (Lipinski definition) is 4. The largest absolute Gasteiger partial charge is 0.466 e. The zero-order valence-electron chi connectivity index (χ0n) is 15.3. The van der Waals surface area contributed by atoms with E-state index in [1.54, 1.807) is 0 Å². The van der Waals surface area contributed by atoms with Crippen molar-refractivity contribution in [3.63, 3.8) is 0 Å². The Labute approximate surface area is 207 Å². The monoisotopic (exact) mass is 745 g/mol. The molecule has 0 bridgehead atoms. The van der Waals surface area contributed by atoms with E-state index in [0.717, 1.165) is 6.92 Å². The quantitative estimate of drug-likeness (QED) is 0.182. The Kier molecular flexibility index (Phi) is 10.3. The van der Waals surface area contributed by atoms with Crippen LogP contribution in [0.3, 0.4) is 0 Å². The maximum Gasteiger partial charge on any atom is 0.303 e. The van der Waals surface area contributed by atoms with Crippen molar-refractivity contribution in [1.29, 1.82) is 0 Å². The molecule has 0 spiro atoms. The molecule has 0 aliphatic rings. The lowest BCUT2D eigenvalue weighted by molar-refractivity contribution is -0.157. The molecule has 0 fully saturated rings. The maximum atomic E-state index is 12.4. The van der Waals surface area contributed by atoms with Crippen LogP contribution in [0.25, 0.3) is 0 Å². The average molecular weight is 745 g/mol. The fraction of sp³-hybridized carbons (Fsp3) is 0.375. The third-order valence-electron chi connectivity index (χ3n) is 3.47. The van der Waals surface area contributed by atoms with Crippen LogP contribution in [0.15, 0.2) is 0 Å². The minimum Gasteiger partial charge on any atom is -0.466 e. The number of hydrogen-bond acceptors (Lipinski definition) is 9. The standard InChI is InChI=1S/C16H18I3N3O7/c1-5(23)28-4-3-7(29-6(2)24)15(26)22-16(27)14(25)8-9(17)12(20)11(19)13(21)10(8)18/h7,14,25H,3-4,20-21H2,1-2H3,(H,22,26,27). The van der Waals surface area contributed by atoms with Crippen molar-refractivity contribution in [3.05, 3.63) is 16.3 Å². The first kappa shape index (κ1) is 26.1. The molecule has 0 saturated carbocycles. The van der Waals surface area contributed by atoms with Crippen LogP contribution in [-0.4, -0.2) is 41.6 Å². The second-order valence-corrected chi connectivity index (χ2v) is 8.90. The number of nitrogens with two attached hydrogens (primary N) is 2. The molecule has 1 aromatic carbocycles. The Morgan fingerprint density at radius 3 is 1.93 bits per heavy atom. The number of carbonyl (C=O) groups is 4. The van der Waals surface area contributed by atoms with Gasteiger partial charge in [-0.05, 0) is 67.8 Å². The Morgan fingerprint density at radius 1 is 0.966 bits per heavy atom. The Hall–Kier alpha value is -0.950. The van der Waals surface area contributed by atoms with Crippen molar-refractivity contribution >= 4 is 103 Å². The van der Waals surface area contributed by atoms with E-state index >= 15 is 0 Å². The molecule has 6 N–H and O–H groups in total. The molecule has 0 aliphatic heterocycles. The Balaban J connectivity index is 3.02. The lowest BCUT2D eigenvalue weighted by atomic mass is 10.1. The molecule has 0 aliphatic carbocycles. The van der Waals surface area contributed by atoms with E-state index in [1.165, 1.54) is 6.92 Å². The zero-order valence-corrected chi connectivity index (χ0v) is 21.7. The van der Waals surface area contributed by atoms with Gasteiger partial charge in [-0.25, -0.2) is 0 Å². The van der Waals surface area contributed by atoms with Gasteiger partial charge in [0.2, 0.25) is 0 Å². The summed E-state index contributed by atoms with van der Waals surface area (Å²) in [6.45, 7) is 2.07. The SMILES string of the molecule is CC(=O)OCCC(OC(C)=O)C(=O)NC(=O)C(O)c1c(I)c(N)c(I)c(N)c1I. The number of halogens is 3. The van der Waals surface area contributed by atoms with Crippen molar-refractivity contribution in [2.45, 2.75) is 32.5 Å². The van der Waals surface area contributed by atoms with Crippen LogP contribution >= 0.6 is 67.8 Å². The van der Waals surface area contributed by atoms with E-state index in [1.807, 2.05) is 73.1 Å². The third-order valence-corrected chi connectivity index (χ3v) is 6.96. The topological polar surface area (TPSA) is 171 Å². The fourth-order valence-electron chi connectivity index (χ4n) is 2.12. The number of aliphatic hydroxyl groups excluding tert-OH is 1. The van der Waals surface area contributed by atoms with E-state index in [-0.39, 0.29) is 18.6 Å². The Bertz CT molecular complexity index is 819. The summed E-state index contributed by atoms with van der Waals surface area (Å²) < 4.78 is 11.0. The van der Waals surface area contributed by atoms with E-state index in [2.05, 4.69) is 0 Å². The van der Waals surface area contributed by atoms with Gasteiger partial charge in [-0.15, -0.1) is 0 Å². The number of aliphatic hydroxyl groups is 1. The van der Waals surface area contributed by atoms with Crippen LogP contribution in [0.1, 0.15) is 31.9 Å². The first-order chi connectivity index (χ1) is 13.4. The highest BCUT2D eigenvalue weighted by Crippen LogP contribution is 2.38. The number of amides is 2. The molecule has 10 nitrogen and oxygen atoms in total. The van der Waals surface area contributed by atoms with Crippen molar-refractivity contribution < 1.29 is 33.8 Å². The van der Waals surface area contributed by atoms with Gasteiger partial charge in [0.05, 0.1) is 21.6 Å². The number of ether oxygens (including phenoxy) is 2. The second kappa shape index (κ2) is 11.4. The van der Waals surface area contributed by atoms with Crippen molar-refractivity contribution in [2.75, 3.05) is 18.1 Å². The highest BCUT2D eigenvalue weighted by Gasteiger charge is 2.31. The lowest BCUT2D eigenvalue weighted by Gasteiger charge is -2.20. The molecule has 13 heteroatoms. The number of benzene rings is 1. The summed E-state index contributed by atoms with van der Waals surface area (Å²) in [7, 11) is 0. The average Bonchev–Trinajstić information content (AvgIpc) is 2.63. The summed E-state index contributed by atoms with van der Waals surface area (Å²) in [5.74, 6) is -3.34. The minimum atomic E-state index is -1.74. The predicted octanol–water partition coefficient (Wildman–Crippen LogP) is 1.23.